The molecule has 8 nitrogen and oxygen atoms in total. The highest BCUT2D eigenvalue weighted by atomic mass is 16.5. The lowest BCUT2D eigenvalue weighted by Gasteiger charge is -2.41. The summed E-state index contributed by atoms with van der Waals surface area (Å²) in [6.07, 6.45) is 9.17. The highest BCUT2D eigenvalue weighted by Gasteiger charge is 2.38. The predicted molar refractivity (Wildman–Crippen MR) is 143 cm³/mol. The monoisotopic (exact) mass is 503 g/mol. The van der Waals surface area contributed by atoms with Gasteiger partial charge < -0.3 is 20.5 Å². The number of fused-ring (bicyclic) bond motifs is 1. The van der Waals surface area contributed by atoms with Gasteiger partial charge in [-0.1, -0.05) is 19.1 Å². The second kappa shape index (κ2) is 9.31. The molecule has 0 spiro atoms. The Balaban J connectivity index is 1.29. The number of hydrogen-bond acceptors (Lipinski definition) is 6. The summed E-state index contributed by atoms with van der Waals surface area (Å²) in [6, 6.07) is 8.15. The molecule has 0 saturated heterocycles. The van der Waals surface area contributed by atoms with Gasteiger partial charge in [0, 0.05) is 29.8 Å². The molecular weight excluding hydrogens is 466 g/mol. The van der Waals surface area contributed by atoms with Crippen molar-refractivity contribution in [2.45, 2.75) is 83.5 Å². The maximum absolute atomic E-state index is 12.7. The number of anilines is 1. The molecule has 2 aromatic heterocycles. The molecule has 2 heterocycles. The highest BCUT2D eigenvalue weighted by molar-refractivity contribution is 5.97. The summed E-state index contributed by atoms with van der Waals surface area (Å²) in [6.45, 7) is 6.78. The molecule has 2 atom stereocenters. The van der Waals surface area contributed by atoms with Gasteiger partial charge in [-0.25, -0.2) is 0 Å². The molecule has 0 bridgehead atoms. The van der Waals surface area contributed by atoms with E-state index in [0.29, 0.717) is 29.3 Å². The van der Waals surface area contributed by atoms with Crippen molar-refractivity contribution in [1.82, 2.24) is 19.9 Å². The molecule has 3 saturated carbocycles. The van der Waals surface area contributed by atoms with Crippen LogP contribution in [0.2, 0.25) is 0 Å². The van der Waals surface area contributed by atoms with E-state index in [2.05, 4.69) is 22.7 Å². The molecule has 3 N–H and O–H groups in total. The van der Waals surface area contributed by atoms with Crippen LogP contribution in [0, 0.1) is 18.8 Å². The predicted octanol–water partition coefficient (Wildman–Crippen LogP) is 4.74. The minimum atomic E-state index is -0.548. The van der Waals surface area contributed by atoms with E-state index in [1.54, 1.807) is 0 Å². The van der Waals surface area contributed by atoms with Crippen molar-refractivity contribution in [3.8, 4) is 17.0 Å². The van der Waals surface area contributed by atoms with Crippen LogP contribution in [0.1, 0.15) is 74.7 Å². The van der Waals surface area contributed by atoms with Crippen molar-refractivity contribution in [1.29, 1.82) is 0 Å². The van der Waals surface area contributed by atoms with Crippen molar-refractivity contribution in [3.05, 3.63) is 41.6 Å². The zero-order valence-corrected chi connectivity index (χ0v) is 22.0. The largest absolute Gasteiger partial charge is 0.474 e. The fourth-order valence-electron chi connectivity index (χ4n) is 5.94. The van der Waals surface area contributed by atoms with Crippen LogP contribution in [0.4, 0.5) is 5.82 Å². The van der Waals surface area contributed by atoms with Crippen molar-refractivity contribution in [2.24, 2.45) is 11.8 Å². The third-order valence-corrected chi connectivity index (χ3v) is 8.27. The molecule has 1 aromatic carbocycles. The van der Waals surface area contributed by atoms with Crippen LogP contribution >= 0.6 is 0 Å². The van der Waals surface area contributed by atoms with Crippen molar-refractivity contribution >= 4 is 17.4 Å². The minimum Gasteiger partial charge on any atom is -0.474 e. The lowest BCUT2D eigenvalue weighted by molar-refractivity contribution is -0.0524. The Morgan fingerprint density at radius 3 is 2.68 bits per heavy atom. The van der Waals surface area contributed by atoms with E-state index >= 15 is 0 Å². The third kappa shape index (κ3) is 5.04. The number of nitrogens with one attached hydrogen (secondary N) is 2. The molecule has 0 aliphatic heterocycles. The zero-order chi connectivity index (χ0) is 25.7. The number of ether oxygens (including phenoxy) is 1. The maximum atomic E-state index is 12.7. The van der Waals surface area contributed by atoms with Gasteiger partial charge in [-0.2, -0.15) is 14.6 Å². The van der Waals surface area contributed by atoms with E-state index < -0.39 is 5.60 Å². The first-order valence-corrected chi connectivity index (χ1v) is 13.7. The number of aliphatic hydroxyl groups is 1. The number of hydrogen-bond donors (Lipinski definition) is 3. The summed E-state index contributed by atoms with van der Waals surface area (Å²) < 4.78 is 8.14. The van der Waals surface area contributed by atoms with Gasteiger partial charge in [0.15, 0.2) is 5.65 Å². The SMILES string of the molecule is Cc1cc(-c2cnn3c(NCC4CC(C)(O)C4)cc(OC4CCCC4)nc23)ccc1C(=O)NC1CC1C. The number of carbonyl (C=O) groups is 1. The number of rotatable bonds is 8. The van der Waals surface area contributed by atoms with Crippen molar-refractivity contribution < 1.29 is 14.6 Å². The quantitative estimate of drug-likeness (QED) is 0.411. The smallest absolute Gasteiger partial charge is 0.251 e. The van der Waals surface area contributed by atoms with Crippen LogP contribution < -0.4 is 15.4 Å². The summed E-state index contributed by atoms with van der Waals surface area (Å²) in [4.78, 5) is 17.6. The fourth-order valence-corrected chi connectivity index (χ4v) is 5.94. The molecule has 3 aliphatic rings. The Labute approximate surface area is 217 Å². The molecule has 3 aromatic rings. The van der Waals surface area contributed by atoms with Crippen LogP contribution in [0.15, 0.2) is 30.5 Å². The van der Waals surface area contributed by atoms with E-state index in [-0.39, 0.29) is 12.0 Å². The molecule has 2 unspecified atom stereocenters. The molecule has 0 radical (unpaired) electrons. The first-order chi connectivity index (χ1) is 17.8. The van der Waals surface area contributed by atoms with Gasteiger partial charge in [0.25, 0.3) is 5.91 Å². The molecule has 1 amide bonds. The second-order valence-electron chi connectivity index (χ2n) is 11.8. The fraction of sp³-hybridized carbons (Fsp3) is 0.552. The number of nitrogens with zero attached hydrogens (tertiary/aromatic N) is 3. The van der Waals surface area contributed by atoms with Gasteiger partial charge in [0.2, 0.25) is 5.88 Å². The summed E-state index contributed by atoms with van der Waals surface area (Å²) in [5, 5.41) is 21.4. The van der Waals surface area contributed by atoms with E-state index in [1.807, 2.05) is 48.8 Å². The average Bonchev–Trinajstić information content (AvgIpc) is 3.20. The maximum Gasteiger partial charge on any atom is 0.251 e. The van der Waals surface area contributed by atoms with E-state index in [0.717, 1.165) is 66.8 Å². The molecule has 8 heteroatoms. The van der Waals surface area contributed by atoms with Gasteiger partial charge in [-0.3, -0.25) is 4.79 Å². The molecule has 6 rings (SSSR count). The zero-order valence-electron chi connectivity index (χ0n) is 22.0. The summed E-state index contributed by atoms with van der Waals surface area (Å²) in [7, 11) is 0. The Bertz CT molecular complexity index is 1320. The second-order valence-corrected chi connectivity index (χ2v) is 11.8. The van der Waals surface area contributed by atoms with Crippen LogP contribution in [0.5, 0.6) is 5.88 Å². The summed E-state index contributed by atoms with van der Waals surface area (Å²) in [5.74, 6) is 2.42. The lowest BCUT2D eigenvalue weighted by Crippen LogP contribution is -2.43. The number of aromatic nitrogens is 3. The van der Waals surface area contributed by atoms with Crippen LogP contribution in [-0.2, 0) is 0 Å². The first kappa shape index (κ1) is 24.2. The van der Waals surface area contributed by atoms with Crippen LogP contribution in [0.25, 0.3) is 16.8 Å². The topological polar surface area (TPSA) is 101 Å². The van der Waals surface area contributed by atoms with Crippen molar-refractivity contribution in [2.75, 3.05) is 11.9 Å². The van der Waals surface area contributed by atoms with Crippen LogP contribution in [-0.4, -0.2) is 49.9 Å². The number of amides is 1. The van der Waals surface area contributed by atoms with E-state index in [1.165, 1.54) is 12.8 Å². The lowest BCUT2D eigenvalue weighted by atomic mass is 9.72. The number of aryl methyl sites for hydroxylation is 1. The Hall–Kier alpha value is -3.13. The standard InChI is InChI=1S/C29H37N5O3/c1-17-10-20(8-9-22(17)28(35)32-24-11-18(24)2)23-16-31-34-25(30-15-19-13-29(3,36)14-19)12-26(33-27(23)34)37-21-6-4-5-7-21/h8-10,12,16,18-19,21,24,30,36H,4-7,11,13-15H2,1-3H3,(H,32,35). The number of carbonyl (C=O) groups excluding carboxylic acids is 1. The normalized spacial score (nSPS) is 27.2. The first-order valence-electron chi connectivity index (χ1n) is 13.7. The van der Waals surface area contributed by atoms with Gasteiger partial charge in [0.05, 0.1) is 11.8 Å². The van der Waals surface area contributed by atoms with E-state index in [9.17, 15) is 9.90 Å². The van der Waals surface area contributed by atoms with Gasteiger partial charge in [0.1, 0.15) is 11.9 Å². The minimum absolute atomic E-state index is 0.00917. The Morgan fingerprint density at radius 2 is 2.00 bits per heavy atom. The van der Waals surface area contributed by atoms with E-state index in [4.69, 9.17) is 9.72 Å². The molecular formula is C29H37N5O3. The van der Waals surface area contributed by atoms with Crippen molar-refractivity contribution in [3.63, 3.8) is 0 Å². The van der Waals surface area contributed by atoms with Gasteiger partial charge in [-0.15, -0.1) is 0 Å². The summed E-state index contributed by atoms with van der Waals surface area (Å²) in [5.41, 5.74) is 3.68. The Kier molecular flexibility index (Phi) is 6.10. The molecule has 3 fully saturated rings. The summed E-state index contributed by atoms with van der Waals surface area (Å²) >= 11 is 0. The van der Waals surface area contributed by atoms with Gasteiger partial charge >= 0.3 is 0 Å². The third-order valence-electron chi connectivity index (χ3n) is 8.27. The number of benzene rings is 1. The molecule has 37 heavy (non-hydrogen) atoms. The Morgan fingerprint density at radius 1 is 1.24 bits per heavy atom. The molecule has 196 valence electrons. The highest BCUT2D eigenvalue weighted by Crippen LogP contribution is 2.38. The molecule has 3 aliphatic carbocycles. The average molecular weight is 504 g/mol. The van der Waals surface area contributed by atoms with Gasteiger partial charge in [-0.05, 0) is 87.8 Å². The van der Waals surface area contributed by atoms with Crippen LogP contribution in [0.3, 0.4) is 0 Å².